The third-order valence-electron chi connectivity index (χ3n) is 4.96. The van der Waals surface area contributed by atoms with Gasteiger partial charge in [0, 0.05) is 28.1 Å². The molecule has 1 saturated heterocycles. The van der Waals surface area contributed by atoms with E-state index in [-0.39, 0.29) is 28.7 Å². The number of nitrogens with one attached hydrogen (secondary N) is 2. The smallest absolute Gasteiger partial charge is 0.251 e. The minimum absolute atomic E-state index is 0.0232. The molecule has 0 unspecified atom stereocenters. The number of aryl methyl sites for hydroxylation is 1. The summed E-state index contributed by atoms with van der Waals surface area (Å²) >= 11 is 7.59. The van der Waals surface area contributed by atoms with Crippen LogP contribution in [-0.2, 0) is 16.4 Å². The molecule has 2 aromatic rings. The van der Waals surface area contributed by atoms with Crippen LogP contribution in [0.1, 0.15) is 21.5 Å². The fraction of sp³-hybridized carbons (Fsp3) is 0.300. The lowest BCUT2D eigenvalue weighted by Gasteiger charge is -2.12. The first kappa shape index (κ1) is 20.3. The van der Waals surface area contributed by atoms with Crippen molar-refractivity contribution in [3.63, 3.8) is 0 Å². The second-order valence-electron chi connectivity index (χ2n) is 7.16. The van der Waals surface area contributed by atoms with E-state index in [0.717, 1.165) is 16.8 Å². The predicted octanol–water partition coefficient (Wildman–Crippen LogP) is 3.26. The minimum Gasteiger partial charge on any atom is -0.348 e. The zero-order valence-electron chi connectivity index (χ0n) is 15.7. The van der Waals surface area contributed by atoms with Crippen molar-refractivity contribution in [3.05, 3.63) is 64.2 Å². The van der Waals surface area contributed by atoms with Gasteiger partial charge >= 0.3 is 0 Å². The van der Waals surface area contributed by atoms with E-state index < -0.39 is 9.84 Å². The SMILES string of the molecule is Cc1ccc(C(=O)NCc2ccccc2Cl)cc1NC1=N[C@H]2CS(=O)(=O)C[C@H]2S1. The highest BCUT2D eigenvalue weighted by molar-refractivity contribution is 8.15. The lowest BCUT2D eigenvalue weighted by Crippen LogP contribution is -2.23. The number of amides is 1. The monoisotopic (exact) mass is 449 g/mol. The Morgan fingerprint density at radius 3 is 2.79 bits per heavy atom. The number of anilines is 1. The summed E-state index contributed by atoms with van der Waals surface area (Å²) in [4.78, 5) is 17.1. The molecule has 0 bridgehead atoms. The number of fused-ring (bicyclic) bond motifs is 1. The quantitative estimate of drug-likeness (QED) is 0.748. The van der Waals surface area contributed by atoms with Gasteiger partial charge in [-0.3, -0.25) is 9.79 Å². The molecule has 0 radical (unpaired) electrons. The molecule has 1 amide bonds. The maximum absolute atomic E-state index is 12.6. The van der Waals surface area contributed by atoms with Crippen LogP contribution in [-0.4, -0.2) is 42.3 Å². The van der Waals surface area contributed by atoms with E-state index in [4.69, 9.17) is 11.6 Å². The van der Waals surface area contributed by atoms with Gasteiger partial charge in [-0.2, -0.15) is 0 Å². The van der Waals surface area contributed by atoms with Crippen molar-refractivity contribution in [2.24, 2.45) is 4.99 Å². The molecular formula is C20H20ClN3O3S2. The van der Waals surface area contributed by atoms with E-state index in [2.05, 4.69) is 15.6 Å². The normalized spacial score (nSPS) is 22.1. The van der Waals surface area contributed by atoms with Crippen LogP contribution in [0.3, 0.4) is 0 Å². The molecule has 2 aliphatic rings. The molecule has 0 aliphatic carbocycles. The summed E-state index contributed by atoms with van der Waals surface area (Å²) in [6.45, 7) is 2.29. The Bertz CT molecular complexity index is 1100. The molecule has 0 aromatic heterocycles. The first-order chi connectivity index (χ1) is 13.8. The molecular weight excluding hydrogens is 430 g/mol. The second-order valence-corrected chi connectivity index (χ2v) is 11.0. The number of amidine groups is 1. The van der Waals surface area contributed by atoms with Crippen LogP contribution in [0, 0.1) is 6.92 Å². The van der Waals surface area contributed by atoms with E-state index in [0.29, 0.717) is 22.3 Å². The van der Waals surface area contributed by atoms with Gasteiger partial charge in [0.15, 0.2) is 15.0 Å². The topological polar surface area (TPSA) is 87.6 Å². The Balaban J connectivity index is 1.44. The summed E-state index contributed by atoms with van der Waals surface area (Å²) in [5.41, 5.74) is 3.13. The maximum Gasteiger partial charge on any atom is 0.251 e. The molecule has 2 aromatic carbocycles. The zero-order valence-corrected chi connectivity index (χ0v) is 18.1. The standard InChI is InChI=1S/C20H20ClN3O3S2/c1-12-6-7-13(19(25)22-9-14-4-2-3-5-15(14)21)8-16(12)23-20-24-17-10-29(26,27)11-18(17)28-20/h2-8,17-18H,9-11H2,1H3,(H,22,25)(H,23,24)/t17-,18+/m0/s1. The Morgan fingerprint density at radius 1 is 1.24 bits per heavy atom. The fourth-order valence-corrected chi connectivity index (χ4v) is 7.22. The van der Waals surface area contributed by atoms with Gasteiger partial charge in [0.1, 0.15) is 0 Å². The molecule has 2 heterocycles. The molecule has 9 heteroatoms. The number of hydrogen-bond donors (Lipinski definition) is 2. The average molecular weight is 450 g/mol. The number of rotatable bonds is 4. The predicted molar refractivity (Wildman–Crippen MR) is 119 cm³/mol. The third-order valence-corrected chi connectivity index (χ3v) is 8.47. The molecule has 2 aliphatic heterocycles. The molecule has 2 N–H and O–H groups in total. The number of hydrogen-bond acceptors (Lipinski definition) is 6. The van der Waals surface area contributed by atoms with E-state index in [1.165, 1.54) is 11.8 Å². The highest BCUT2D eigenvalue weighted by atomic mass is 35.5. The van der Waals surface area contributed by atoms with Crippen molar-refractivity contribution in [1.82, 2.24) is 5.32 Å². The number of thioether (sulfide) groups is 1. The van der Waals surface area contributed by atoms with Crippen LogP contribution in [0.4, 0.5) is 5.69 Å². The van der Waals surface area contributed by atoms with E-state index >= 15 is 0 Å². The summed E-state index contributed by atoms with van der Waals surface area (Å²) < 4.78 is 23.4. The van der Waals surface area contributed by atoms with E-state index in [1.807, 2.05) is 31.2 Å². The molecule has 4 rings (SSSR count). The maximum atomic E-state index is 12.6. The van der Waals surface area contributed by atoms with Crippen LogP contribution in [0.5, 0.6) is 0 Å². The number of benzene rings is 2. The highest BCUT2D eigenvalue weighted by Crippen LogP contribution is 2.35. The van der Waals surface area contributed by atoms with Crippen molar-refractivity contribution in [2.45, 2.75) is 24.8 Å². The molecule has 0 saturated carbocycles. The summed E-state index contributed by atoms with van der Waals surface area (Å²) in [7, 11) is -2.98. The zero-order chi connectivity index (χ0) is 20.6. The van der Waals surface area contributed by atoms with Crippen LogP contribution in [0.2, 0.25) is 5.02 Å². The Labute approximate surface area is 179 Å². The van der Waals surface area contributed by atoms with Gasteiger partial charge in [-0.15, -0.1) is 0 Å². The van der Waals surface area contributed by atoms with Crippen molar-refractivity contribution in [1.29, 1.82) is 0 Å². The number of carbonyl (C=O) groups excluding carboxylic acids is 1. The number of carbonyl (C=O) groups is 1. The van der Waals surface area contributed by atoms with Gasteiger partial charge in [0.25, 0.3) is 5.91 Å². The number of halogens is 1. The van der Waals surface area contributed by atoms with Crippen molar-refractivity contribution in [2.75, 3.05) is 16.8 Å². The highest BCUT2D eigenvalue weighted by Gasteiger charge is 2.42. The molecule has 2 atom stereocenters. The number of aliphatic imine (C=N–C) groups is 1. The Hall–Kier alpha value is -2.03. The Kier molecular flexibility index (Phi) is 5.59. The van der Waals surface area contributed by atoms with Gasteiger partial charge in [-0.25, -0.2) is 8.42 Å². The summed E-state index contributed by atoms with van der Waals surface area (Å²) in [5, 5.41) is 7.44. The van der Waals surface area contributed by atoms with Crippen LogP contribution < -0.4 is 10.6 Å². The van der Waals surface area contributed by atoms with Crippen LogP contribution >= 0.6 is 23.4 Å². The lowest BCUT2D eigenvalue weighted by molar-refractivity contribution is 0.0951. The first-order valence-electron chi connectivity index (χ1n) is 9.15. The third kappa shape index (κ3) is 4.60. The van der Waals surface area contributed by atoms with Gasteiger partial charge in [-0.05, 0) is 36.2 Å². The molecule has 1 fully saturated rings. The lowest BCUT2D eigenvalue weighted by atomic mass is 10.1. The minimum atomic E-state index is -2.98. The van der Waals surface area contributed by atoms with E-state index in [1.54, 1.807) is 18.2 Å². The molecule has 152 valence electrons. The summed E-state index contributed by atoms with van der Waals surface area (Å²) in [5.74, 6) is 0.0803. The van der Waals surface area contributed by atoms with Crippen LogP contribution in [0.15, 0.2) is 47.5 Å². The molecule has 0 spiro atoms. The van der Waals surface area contributed by atoms with Crippen molar-refractivity contribution >= 4 is 50.0 Å². The van der Waals surface area contributed by atoms with Crippen LogP contribution in [0.25, 0.3) is 0 Å². The second kappa shape index (κ2) is 8.01. The van der Waals surface area contributed by atoms with Gasteiger partial charge in [0.2, 0.25) is 0 Å². The fourth-order valence-electron chi connectivity index (χ4n) is 3.35. The molecule has 6 nitrogen and oxygen atoms in total. The summed E-state index contributed by atoms with van der Waals surface area (Å²) in [6, 6.07) is 12.6. The van der Waals surface area contributed by atoms with Crippen molar-refractivity contribution in [3.8, 4) is 0 Å². The largest absolute Gasteiger partial charge is 0.348 e. The summed E-state index contributed by atoms with van der Waals surface area (Å²) in [6.07, 6.45) is 0. The number of nitrogens with zero attached hydrogens (tertiary/aromatic N) is 1. The van der Waals surface area contributed by atoms with Gasteiger partial charge in [-0.1, -0.05) is 47.6 Å². The number of sulfone groups is 1. The van der Waals surface area contributed by atoms with Gasteiger partial charge < -0.3 is 10.6 Å². The molecule has 29 heavy (non-hydrogen) atoms. The van der Waals surface area contributed by atoms with Gasteiger partial charge in [0.05, 0.1) is 17.5 Å². The average Bonchev–Trinajstić information content (AvgIpc) is 3.15. The van der Waals surface area contributed by atoms with E-state index in [9.17, 15) is 13.2 Å². The van der Waals surface area contributed by atoms with Crippen molar-refractivity contribution < 1.29 is 13.2 Å². The first-order valence-corrected chi connectivity index (χ1v) is 12.2. The Morgan fingerprint density at radius 2 is 2.03 bits per heavy atom.